The van der Waals surface area contributed by atoms with Crippen molar-refractivity contribution in [1.82, 2.24) is 15.0 Å². The molecule has 0 fully saturated rings. The van der Waals surface area contributed by atoms with Gasteiger partial charge in [0.25, 0.3) is 11.6 Å². The summed E-state index contributed by atoms with van der Waals surface area (Å²) in [5, 5.41) is 14.4. The van der Waals surface area contributed by atoms with Gasteiger partial charge in [-0.25, -0.2) is 9.97 Å². The van der Waals surface area contributed by atoms with Gasteiger partial charge in [-0.2, -0.15) is 0 Å². The normalized spacial score (nSPS) is 10.6. The number of hydrogen-bond acceptors (Lipinski definition) is 6. The van der Waals surface area contributed by atoms with Gasteiger partial charge < -0.3 is 5.32 Å². The Morgan fingerprint density at radius 1 is 1.32 bits per heavy atom. The van der Waals surface area contributed by atoms with Crippen LogP contribution in [0.25, 0.3) is 10.9 Å². The Kier molecular flexibility index (Phi) is 4.34. The van der Waals surface area contributed by atoms with Crippen LogP contribution in [0.1, 0.15) is 28.7 Å². The number of hydrogen-bond donors (Lipinski definition) is 1. The lowest BCUT2D eigenvalue weighted by atomic mass is 10.1. The number of benzene rings is 1. The first kappa shape index (κ1) is 16.4. The Bertz CT molecular complexity index is 987. The van der Waals surface area contributed by atoms with Crippen LogP contribution in [-0.2, 0) is 6.42 Å². The van der Waals surface area contributed by atoms with Gasteiger partial charge >= 0.3 is 0 Å². The minimum absolute atomic E-state index is 0.0618. The number of nitro groups is 1. The second kappa shape index (κ2) is 6.60. The number of rotatable bonds is 4. The van der Waals surface area contributed by atoms with Gasteiger partial charge in [0.1, 0.15) is 6.33 Å². The van der Waals surface area contributed by atoms with Crippen molar-refractivity contribution in [2.75, 3.05) is 5.32 Å². The van der Waals surface area contributed by atoms with Crippen molar-refractivity contribution < 1.29 is 9.72 Å². The summed E-state index contributed by atoms with van der Waals surface area (Å²) in [6.07, 6.45) is 3.47. The monoisotopic (exact) mass is 337 g/mol. The number of pyridine rings is 1. The van der Waals surface area contributed by atoms with Crippen molar-refractivity contribution in [3.05, 3.63) is 63.9 Å². The maximum atomic E-state index is 12.6. The average Bonchev–Trinajstić information content (AvgIpc) is 2.61. The van der Waals surface area contributed by atoms with Crippen LogP contribution < -0.4 is 5.32 Å². The lowest BCUT2D eigenvalue weighted by Crippen LogP contribution is -2.15. The maximum Gasteiger partial charge on any atom is 0.270 e. The third kappa shape index (κ3) is 3.27. The highest BCUT2D eigenvalue weighted by Crippen LogP contribution is 2.28. The van der Waals surface area contributed by atoms with E-state index in [2.05, 4.69) is 20.3 Å². The van der Waals surface area contributed by atoms with Crippen molar-refractivity contribution in [1.29, 1.82) is 0 Å². The molecule has 2 aromatic heterocycles. The number of non-ortho nitro benzene ring substituents is 1. The molecular formula is C17H15N5O3. The quantitative estimate of drug-likeness (QED) is 0.578. The fourth-order valence-corrected chi connectivity index (χ4v) is 2.47. The smallest absolute Gasteiger partial charge is 0.270 e. The predicted molar refractivity (Wildman–Crippen MR) is 92.5 cm³/mol. The van der Waals surface area contributed by atoms with E-state index in [-0.39, 0.29) is 11.6 Å². The van der Waals surface area contributed by atoms with Gasteiger partial charge in [0.2, 0.25) is 0 Å². The van der Waals surface area contributed by atoms with Crippen LogP contribution in [0, 0.1) is 17.0 Å². The molecule has 0 aliphatic rings. The van der Waals surface area contributed by atoms with E-state index < -0.39 is 4.92 Å². The first-order valence-corrected chi connectivity index (χ1v) is 7.65. The van der Waals surface area contributed by atoms with Crippen molar-refractivity contribution in [3.63, 3.8) is 0 Å². The van der Waals surface area contributed by atoms with Crippen molar-refractivity contribution in [3.8, 4) is 0 Å². The highest BCUT2D eigenvalue weighted by atomic mass is 16.6. The Hall–Kier alpha value is -3.42. The number of carbonyl (C=O) groups excluding carboxylic acids is 1. The Balaban J connectivity index is 2.10. The predicted octanol–water partition coefficient (Wildman–Crippen LogP) is 3.06. The molecular weight excluding hydrogens is 322 g/mol. The average molecular weight is 337 g/mol. The molecule has 3 aromatic rings. The van der Waals surface area contributed by atoms with Crippen LogP contribution in [0.3, 0.4) is 0 Å². The van der Waals surface area contributed by atoms with E-state index in [0.717, 1.165) is 5.69 Å². The molecule has 1 N–H and O–H groups in total. The lowest BCUT2D eigenvalue weighted by Gasteiger charge is -2.11. The molecule has 126 valence electrons. The molecule has 0 bridgehead atoms. The highest BCUT2D eigenvalue weighted by Gasteiger charge is 2.15. The van der Waals surface area contributed by atoms with E-state index >= 15 is 0 Å². The number of nitro benzene ring substituents is 1. The Labute approximate surface area is 143 Å². The molecule has 0 saturated carbocycles. The number of anilines is 1. The zero-order valence-electron chi connectivity index (χ0n) is 13.7. The molecule has 0 atom stereocenters. The topological polar surface area (TPSA) is 111 Å². The first-order valence-electron chi connectivity index (χ1n) is 7.65. The van der Waals surface area contributed by atoms with Crippen molar-refractivity contribution in [2.45, 2.75) is 20.3 Å². The molecule has 1 aromatic carbocycles. The van der Waals surface area contributed by atoms with Gasteiger partial charge in [-0.05, 0) is 25.5 Å². The molecule has 2 heterocycles. The summed E-state index contributed by atoms with van der Waals surface area (Å²) < 4.78 is 0. The minimum Gasteiger partial charge on any atom is -0.321 e. The molecule has 0 radical (unpaired) electrons. The van der Waals surface area contributed by atoms with Crippen LogP contribution in [-0.4, -0.2) is 25.8 Å². The van der Waals surface area contributed by atoms with Crippen LogP contribution in [0.15, 0.2) is 36.8 Å². The van der Waals surface area contributed by atoms with E-state index in [1.807, 2.05) is 6.92 Å². The van der Waals surface area contributed by atoms with E-state index in [0.29, 0.717) is 34.3 Å². The maximum absolute atomic E-state index is 12.6. The highest BCUT2D eigenvalue weighted by molar-refractivity contribution is 6.09. The fraction of sp³-hybridized carbons (Fsp3) is 0.176. The molecule has 25 heavy (non-hydrogen) atoms. The summed E-state index contributed by atoms with van der Waals surface area (Å²) in [6.45, 7) is 3.66. The van der Waals surface area contributed by atoms with Crippen LogP contribution in [0.5, 0.6) is 0 Å². The second-order valence-electron chi connectivity index (χ2n) is 5.45. The summed E-state index contributed by atoms with van der Waals surface area (Å²) in [4.78, 5) is 35.4. The number of aromatic nitrogens is 3. The summed E-state index contributed by atoms with van der Waals surface area (Å²) in [5.41, 5.74) is 2.66. The summed E-state index contributed by atoms with van der Waals surface area (Å²) >= 11 is 0. The summed E-state index contributed by atoms with van der Waals surface area (Å²) in [7, 11) is 0. The minimum atomic E-state index is -0.478. The Morgan fingerprint density at radius 2 is 2.12 bits per heavy atom. The fourth-order valence-electron chi connectivity index (χ4n) is 2.47. The number of amides is 1. The van der Waals surface area contributed by atoms with E-state index in [1.165, 1.54) is 24.7 Å². The van der Waals surface area contributed by atoms with Gasteiger partial charge in [0.15, 0.2) is 0 Å². The van der Waals surface area contributed by atoms with Gasteiger partial charge in [0.05, 0.1) is 27.4 Å². The van der Waals surface area contributed by atoms with Crippen LogP contribution in [0.2, 0.25) is 0 Å². The van der Waals surface area contributed by atoms with E-state index in [1.54, 1.807) is 19.1 Å². The summed E-state index contributed by atoms with van der Waals surface area (Å²) in [5.74, 6) is -0.376. The molecule has 8 heteroatoms. The lowest BCUT2D eigenvalue weighted by molar-refractivity contribution is -0.384. The van der Waals surface area contributed by atoms with Gasteiger partial charge in [0, 0.05) is 29.4 Å². The van der Waals surface area contributed by atoms with Crippen LogP contribution >= 0.6 is 0 Å². The van der Waals surface area contributed by atoms with Crippen LogP contribution in [0.4, 0.5) is 11.4 Å². The number of fused-ring (bicyclic) bond motifs is 1. The van der Waals surface area contributed by atoms with Gasteiger partial charge in [-0.1, -0.05) is 6.92 Å². The SMILES string of the molecule is CCc1cc(NC(=O)c2cncnc2C)c2cc([N+](=O)[O-])ccc2n1. The molecule has 0 saturated heterocycles. The third-order valence-electron chi connectivity index (χ3n) is 3.82. The zero-order chi connectivity index (χ0) is 18.0. The molecule has 8 nitrogen and oxygen atoms in total. The molecule has 3 rings (SSSR count). The third-order valence-corrected chi connectivity index (χ3v) is 3.82. The molecule has 0 unspecified atom stereocenters. The molecule has 0 aliphatic carbocycles. The number of carbonyl (C=O) groups is 1. The molecule has 0 spiro atoms. The van der Waals surface area contributed by atoms with E-state index in [4.69, 9.17) is 0 Å². The van der Waals surface area contributed by atoms with Crippen molar-refractivity contribution in [2.24, 2.45) is 0 Å². The molecule has 1 amide bonds. The van der Waals surface area contributed by atoms with E-state index in [9.17, 15) is 14.9 Å². The largest absolute Gasteiger partial charge is 0.321 e. The number of nitrogens with zero attached hydrogens (tertiary/aromatic N) is 4. The second-order valence-corrected chi connectivity index (χ2v) is 5.45. The van der Waals surface area contributed by atoms with Gasteiger partial charge in [-0.15, -0.1) is 0 Å². The Morgan fingerprint density at radius 3 is 2.80 bits per heavy atom. The van der Waals surface area contributed by atoms with Gasteiger partial charge in [-0.3, -0.25) is 19.9 Å². The zero-order valence-corrected chi connectivity index (χ0v) is 13.7. The molecule has 0 aliphatic heterocycles. The summed E-state index contributed by atoms with van der Waals surface area (Å²) in [6, 6.07) is 6.11. The number of aryl methyl sites for hydroxylation is 2. The van der Waals surface area contributed by atoms with Crippen molar-refractivity contribution >= 4 is 28.2 Å². The first-order chi connectivity index (χ1) is 12.0. The number of nitrogens with one attached hydrogen (secondary N) is 1. The standard InChI is InChI=1S/C17H15N5O3/c1-3-11-6-16(21-17(23)14-8-18-9-19-10(14)2)13-7-12(22(24)25)4-5-15(13)20-11/h4-9H,3H2,1-2H3,(H,20,21,23).